The summed E-state index contributed by atoms with van der Waals surface area (Å²) >= 11 is 0. The molecule has 0 saturated heterocycles. The van der Waals surface area contributed by atoms with Crippen LogP contribution in [0, 0.1) is 0 Å². The van der Waals surface area contributed by atoms with Crippen LogP contribution in [-0.2, 0) is 32.7 Å². The second-order valence-corrected chi connectivity index (χ2v) is 27.8. The van der Waals surface area contributed by atoms with Crippen molar-refractivity contribution in [1.82, 2.24) is 0 Å². The highest BCUT2D eigenvalue weighted by Gasteiger charge is 2.27. The van der Waals surface area contributed by atoms with Crippen LogP contribution in [0.25, 0.3) is 0 Å². The first kappa shape index (κ1) is 81.5. The number of phosphoric acid groups is 1. The van der Waals surface area contributed by atoms with E-state index < -0.39 is 26.5 Å². The summed E-state index contributed by atoms with van der Waals surface area (Å²) in [7, 11) is 1.49. The van der Waals surface area contributed by atoms with Crippen LogP contribution in [0.4, 0.5) is 0 Å². The lowest BCUT2D eigenvalue weighted by atomic mass is 10.0. The minimum Gasteiger partial charge on any atom is -0.462 e. The molecule has 0 bridgehead atoms. The van der Waals surface area contributed by atoms with Crippen LogP contribution in [0.5, 0.6) is 0 Å². The molecule has 0 aliphatic heterocycles. The summed E-state index contributed by atoms with van der Waals surface area (Å²) in [5, 5.41) is 0. The molecule has 0 aromatic carbocycles. The minimum atomic E-state index is -4.39. The molecular formula is C73H143NO8P+. The van der Waals surface area contributed by atoms with Crippen molar-refractivity contribution in [3.8, 4) is 0 Å². The number of rotatable bonds is 69. The number of nitrogens with zero attached hydrogens (tertiary/aromatic N) is 1. The van der Waals surface area contributed by atoms with Gasteiger partial charge in [0.25, 0.3) is 0 Å². The Balaban J connectivity index is 3.84. The fraction of sp³-hybridized carbons (Fsp3) is 0.918. The van der Waals surface area contributed by atoms with E-state index in [1.807, 2.05) is 21.1 Å². The van der Waals surface area contributed by atoms with Gasteiger partial charge in [0.2, 0.25) is 0 Å². The maximum absolute atomic E-state index is 12.8. The number of allylic oxidation sites excluding steroid dienone is 4. The van der Waals surface area contributed by atoms with Crippen LogP contribution in [-0.4, -0.2) is 74.9 Å². The molecular weight excluding hydrogens is 1050 g/mol. The number of carbonyl (C=O) groups is 2. The number of phosphoric ester groups is 1. The highest BCUT2D eigenvalue weighted by Crippen LogP contribution is 2.43. The first-order valence-electron chi connectivity index (χ1n) is 36.6. The molecule has 10 heteroatoms. The van der Waals surface area contributed by atoms with Crippen LogP contribution in [0.15, 0.2) is 24.3 Å². The van der Waals surface area contributed by atoms with E-state index >= 15 is 0 Å². The van der Waals surface area contributed by atoms with E-state index in [4.69, 9.17) is 18.5 Å². The molecule has 0 amide bonds. The molecule has 1 N–H and O–H groups in total. The third kappa shape index (κ3) is 69.5. The molecule has 0 fully saturated rings. The summed E-state index contributed by atoms with van der Waals surface area (Å²) in [6, 6.07) is 0. The molecule has 0 heterocycles. The Morgan fingerprint density at radius 1 is 0.373 bits per heavy atom. The van der Waals surface area contributed by atoms with Gasteiger partial charge in [-0.1, -0.05) is 346 Å². The zero-order valence-corrected chi connectivity index (χ0v) is 57.1. The lowest BCUT2D eigenvalue weighted by molar-refractivity contribution is -0.870. The van der Waals surface area contributed by atoms with Crippen LogP contribution in [0.3, 0.4) is 0 Å². The van der Waals surface area contributed by atoms with Gasteiger partial charge in [-0.3, -0.25) is 18.6 Å². The number of likely N-dealkylation sites (N-methyl/N-ethyl adjacent to an activating group) is 1. The van der Waals surface area contributed by atoms with Gasteiger partial charge >= 0.3 is 19.8 Å². The smallest absolute Gasteiger partial charge is 0.462 e. The van der Waals surface area contributed by atoms with Gasteiger partial charge in [0.05, 0.1) is 27.7 Å². The maximum Gasteiger partial charge on any atom is 0.472 e. The molecule has 492 valence electrons. The fourth-order valence-electron chi connectivity index (χ4n) is 11.1. The molecule has 0 aliphatic carbocycles. The monoisotopic (exact) mass is 1190 g/mol. The standard InChI is InChI=1S/C73H142NO8P/c1-6-8-10-12-14-16-18-20-22-24-26-27-28-29-30-31-32-33-34-35-36-37-38-39-40-41-42-43-44-45-46-48-49-51-53-55-57-59-61-63-65-72(75)79-69-71(70-81-83(77,78)80-68-67-74(3,4)5)82-73(76)66-64-62-60-58-56-54-52-50-47-25-23-21-19-17-15-13-11-9-7-2/h15,17,21,23,71H,6-14,16,18-20,22,24-70H2,1-5H3/p+1/b17-15-,23-21-. The number of unbranched alkanes of at least 4 members (excludes halogenated alkanes) is 51. The second kappa shape index (κ2) is 64.9. The van der Waals surface area contributed by atoms with Gasteiger partial charge in [0.1, 0.15) is 19.8 Å². The van der Waals surface area contributed by atoms with E-state index in [9.17, 15) is 19.0 Å². The molecule has 83 heavy (non-hydrogen) atoms. The van der Waals surface area contributed by atoms with Crippen LogP contribution in [0.1, 0.15) is 380 Å². The summed E-state index contributed by atoms with van der Waals surface area (Å²) in [6.45, 7) is 4.47. The first-order chi connectivity index (χ1) is 40.5. The van der Waals surface area contributed by atoms with E-state index in [2.05, 4.69) is 38.2 Å². The summed E-state index contributed by atoms with van der Waals surface area (Å²) in [6.07, 6.45) is 81.8. The van der Waals surface area contributed by atoms with E-state index in [1.165, 1.54) is 302 Å². The Hall–Kier alpha value is -1.51. The zero-order chi connectivity index (χ0) is 60.5. The quantitative estimate of drug-likeness (QED) is 0.0211. The minimum absolute atomic E-state index is 0.0334. The van der Waals surface area contributed by atoms with E-state index in [1.54, 1.807) is 0 Å². The lowest BCUT2D eigenvalue weighted by Gasteiger charge is -2.24. The van der Waals surface area contributed by atoms with Gasteiger partial charge in [-0.05, 0) is 44.9 Å². The Morgan fingerprint density at radius 2 is 0.651 bits per heavy atom. The molecule has 0 radical (unpaired) electrons. The fourth-order valence-corrected chi connectivity index (χ4v) is 11.9. The molecule has 2 atom stereocenters. The van der Waals surface area contributed by atoms with Crippen molar-refractivity contribution in [1.29, 1.82) is 0 Å². The van der Waals surface area contributed by atoms with Crippen molar-refractivity contribution in [3.63, 3.8) is 0 Å². The van der Waals surface area contributed by atoms with Crippen LogP contribution < -0.4 is 0 Å². The van der Waals surface area contributed by atoms with E-state index in [0.717, 1.165) is 44.9 Å². The SMILES string of the molecule is CCCCC/C=C\C/C=C\CCCCCCCCCCCC(=O)OC(COC(=O)CCCCCCCCCCCCCCCCCCCCCCCCCCCCCCCCCCCCCCCCCC)COP(=O)(O)OCC[N+](C)(C)C. The molecule has 9 nitrogen and oxygen atoms in total. The van der Waals surface area contributed by atoms with Crippen LogP contribution in [0.2, 0.25) is 0 Å². The molecule has 0 rings (SSSR count). The molecule has 0 spiro atoms. The number of ether oxygens (including phenoxy) is 2. The molecule has 0 saturated carbocycles. The van der Waals surface area contributed by atoms with E-state index in [-0.39, 0.29) is 25.6 Å². The van der Waals surface area contributed by atoms with Crippen molar-refractivity contribution < 1.29 is 42.1 Å². The van der Waals surface area contributed by atoms with Crippen molar-refractivity contribution in [2.75, 3.05) is 47.5 Å². The van der Waals surface area contributed by atoms with Crippen LogP contribution >= 0.6 is 7.82 Å². The van der Waals surface area contributed by atoms with E-state index in [0.29, 0.717) is 23.9 Å². The average molecular weight is 1190 g/mol. The predicted octanol–water partition coefficient (Wildman–Crippen LogP) is 23.7. The molecule has 0 aromatic heterocycles. The highest BCUT2D eigenvalue weighted by molar-refractivity contribution is 7.47. The third-order valence-electron chi connectivity index (χ3n) is 16.7. The Kier molecular flexibility index (Phi) is 63.8. The Labute approximate surface area is 517 Å². The topological polar surface area (TPSA) is 108 Å². The predicted molar refractivity (Wildman–Crippen MR) is 358 cm³/mol. The summed E-state index contributed by atoms with van der Waals surface area (Å²) in [5.74, 6) is -0.782. The zero-order valence-electron chi connectivity index (χ0n) is 56.2. The van der Waals surface area contributed by atoms with Gasteiger partial charge in [-0.15, -0.1) is 0 Å². The third-order valence-corrected chi connectivity index (χ3v) is 17.7. The van der Waals surface area contributed by atoms with Crippen molar-refractivity contribution in [2.45, 2.75) is 386 Å². The first-order valence-corrected chi connectivity index (χ1v) is 38.1. The molecule has 0 aromatic rings. The number of hydrogen-bond acceptors (Lipinski definition) is 7. The maximum atomic E-state index is 12.8. The largest absolute Gasteiger partial charge is 0.472 e. The Morgan fingerprint density at radius 3 is 0.976 bits per heavy atom. The summed E-state index contributed by atoms with van der Waals surface area (Å²) in [4.78, 5) is 35.8. The van der Waals surface area contributed by atoms with Crippen molar-refractivity contribution >= 4 is 19.8 Å². The second-order valence-electron chi connectivity index (χ2n) is 26.3. The molecule has 0 aliphatic rings. The highest BCUT2D eigenvalue weighted by atomic mass is 31.2. The summed E-state index contributed by atoms with van der Waals surface area (Å²) in [5.41, 5.74) is 0. The van der Waals surface area contributed by atoms with Gasteiger partial charge < -0.3 is 18.9 Å². The van der Waals surface area contributed by atoms with Gasteiger partial charge in [-0.25, -0.2) is 4.57 Å². The average Bonchev–Trinajstić information content (AvgIpc) is 3.49. The van der Waals surface area contributed by atoms with Crippen molar-refractivity contribution in [3.05, 3.63) is 24.3 Å². The van der Waals surface area contributed by atoms with Gasteiger partial charge in [0, 0.05) is 12.8 Å². The normalized spacial score (nSPS) is 13.2. The van der Waals surface area contributed by atoms with Crippen molar-refractivity contribution in [2.24, 2.45) is 0 Å². The number of carbonyl (C=O) groups excluding carboxylic acids is 2. The Bertz CT molecular complexity index is 1450. The number of quaternary nitrogens is 1. The van der Waals surface area contributed by atoms with Gasteiger partial charge in [0.15, 0.2) is 6.10 Å². The molecule has 2 unspecified atom stereocenters. The number of esters is 2. The number of hydrogen-bond donors (Lipinski definition) is 1. The summed E-state index contributed by atoms with van der Waals surface area (Å²) < 4.78 is 34.7. The lowest BCUT2D eigenvalue weighted by Crippen LogP contribution is -2.37. The van der Waals surface area contributed by atoms with Gasteiger partial charge in [-0.2, -0.15) is 0 Å².